The molecule has 3 N–H and O–H groups in total. The zero-order chi connectivity index (χ0) is 32.0. The van der Waals surface area contributed by atoms with Crippen LogP contribution in [0.15, 0.2) is 48.4 Å². The van der Waals surface area contributed by atoms with Crippen molar-refractivity contribution in [3.05, 3.63) is 59.5 Å². The molecule has 2 amide bonds. The highest BCUT2D eigenvalue weighted by Gasteiger charge is 2.38. The van der Waals surface area contributed by atoms with Crippen LogP contribution >= 0.6 is 0 Å². The number of aliphatic carboxylic acids is 1. The van der Waals surface area contributed by atoms with Crippen molar-refractivity contribution in [3.63, 3.8) is 0 Å². The van der Waals surface area contributed by atoms with E-state index in [-0.39, 0.29) is 30.7 Å². The van der Waals surface area contributed by atoms with Crippen LogP contribution in [-0.2, 0) is 23.9 Å². The maximum atomic E-state index is 12.6. The molecular weight excluding hydrogens is 575 g/mol. The van der Waals surface area contributed by atoms with E-state index < -0.39 is 24.0 Å². The van der Waals surface area contributed by atoms with Crippen molar-refractivity contribution in [2.45, 2.75) is 25.9 Å². The van der Waals surface area contributed by atoms with Gasteiger partial charge in [-0.1, -0.05) is 0 Å². The normalized spacial score (nSPS) is 13.5. The Bertz CT molecular complexity index is 1350. The summed E-state index contributed by atoms with van der Waals surface area (Å²) in [5, 5.41) is 21.7. The lowest BCUT2D eigenvalue weighted by Crippen LogP contribution is -2.41. The molecule has 1 aliphatic heterocycles. The fourth-order valence-corrected chi connectivity index (χ4v) is 3.88. The van der Waals surface area contributed by atoms with Crippen LogP contribution in [0.4, 0.5) is 18.9 Å². The Labute approximate surface area is 245 Å². The van der Waals surface area contributed by atoms with E-state index in [9.17, 15) is 32.8 Å². The molecule has 12 nitrogen and oxygen atoms in total. The van der Waals surface area contributed by atoms with Crippen molar-refractivity contribution in [3.8, 4) is 11.8 Å². The Morgan fingerprint density at radius 3 is 2.33 bits per heavy atom. The lowest BCUT2D eigenvalue weighted by molar-refractivity contribution is -0.192. The molecule has 0 radical (unpaired) electrons. The number of halogens is 3. The number of nitriles is 1. The first-order valence-corrected chi connectivity index (χ1v) is 12.8. The molecule has 0 saturated carbocycles. The zero-order valence-electron chi connectivity index (χ0n) is 23.3. The average Bonchev–Trinajstić information content (AvgIpc) is 2.99. The quantitative estimate of drug-likeness (QED) is 0.219. The molecule has 3 rings (SSSR count). The van der Waals surface area contributed by atoms with Gasteiger partial charge in [0.2, 0.25) is 11.8 Å². The summed E-state index contributed by atoms with van der Waals surface area (Å²) in [7, 11) is 1.21. The number of piperidine rings is 1. The molecule has 1 aromatic carbocycles. The Morgan fingerprint density at radius 2 is 1.79 bits per heavy atom. The van der Waals surface area contributed by atoms with Gasteiger partial charge in [-0.15, -0.1) is 0 Å². The number of aromatic nitrogens is 1. The highest BCUT2D eigenvalue weighted by Crippen LogP contribution is 2.24. The van der Waals surface area contributed by atoms with Gasteiger partial charge in [0.05, 0.1) is 25.3 Å². The molecule has 0 atom stereocenters. The van der Waals surface area contributed by atoms with Crippen molar-refractivity contribution in [1.82, 2.24) is 15.6 Å². The molecule has 1 saturated heterocycles. The number of amides is 2. The number of hydrogen-bond acceptors (Lipinski definition) is 9. The molecule has 0 unspecified atom stereocenters. The Balaban J connectivity index is 0.000000821. The van der Waals surface area contributed by atoms with Crippen LogP contribution in [-0.4, -0.2) is 73.4 Å². The summed E-state index contributed by atoms with van der Waals surface area (Å²) in [4.78, 5) is 51.3. The standard InChI is InChI=1S/C26H29N5O5.C2HF3O2/c1-18(32)30-23(26(34)35-2)16-21-4-3-19(17-27)15-24(21)36-14-11-29-25(33)20-7-12-31(13-8-20)22-5-9-28-10-6-22;3-2(4,5)1(6)7/h3-6,9-10,15-16,20H,7-8,11-14H2,1-2H3,(H,29,33)(H,30,32);(H,6,7). The van der Waals surface area contributed by atoms with Gasteiger partial charge in [0, 0.05) is 49.6 Å². The number of carboxylic acid groups (broad SMARTS) is 1. The predicted octanol–water partition coefficient (Wildman–Crippen LogP) is 2.65. The second-order valence-corrected chi connectivity index (χ2v) is 9.00. The number of anilines is 1. The number of methoxy groups -OCH3 is 1. The van der Waals surface area contributed by atoms with E-state index in [4.69, 9.17) is 19.4 Å². The van der Waals surface area contributed by atoms with E-state index >= 15 is 0 Å². The lowest BCUT2D eigenvalue weighted by atomic mass is 9.95. The highest BCUT2D eigenvalue weighted by molar-refractivity contribution is 5.97. The summed E-state index contributed by atoms with van der Waals surface area (Å²) in [6.07, 6.45) is 1.37. The van der Waals surface area contributed by atoms with Gasteiger partial charge in [-0.2, -0.15) is 18.4 Å². The first-order valence-electron chi connectivity index (χ1n) is 12.8. The fourth-order valence-electron chi connectivity index (χ4n) is 3.88. The van der Waals surface area contributed by atoms with Gasteiger partial charge < -0.3 is 30.1 Å². The van der Waals surface area contributed by atoms with Gasteiger partial charge in [0.15, 0.2) is 0 Å². The number of carbonyl (C=O) groups is 4. The number of rotatable bonds is 9. The third-order valence-electron chi connectivity index (χ3n) is 5.95. The van der Waals surface area contributed by atoms with Crippen LogP contribution < -0.4 is 20.3 Å². The number of esters is 1. The second-order valence-electron chi connectivity index (χ2n) is 9.00. The molecule has 0 spiro atoms. The number of nitrogens with zero attached hydrogens (tertiary/aromatic N) is 3. The van der Waals surface area contributed by atoms with Crippen LogP contribution in [0.5, 0.6) is 5.75 Å². The number of benzene rings is 1. The Kier molecular flexibility index (Phi) is 13.0. The average molecular weight is 606 g/mol. The van der Waals surface area contributed by atoms with Crippen LogP contribution in [0.2, 0.25) is 0 Å². The number of alkyl halides is 3. The number of nitrogens with one attached hydrogen (secondary N) is 2. The van der Waals surface area contributed by atoms with E-state index in [2.05, 4.69) is 20.5 Å². The van der Waals surface area contributed by atoms with Crippen molar-refractivity contribution >= 4 is 35.5 Å². The van der Waals surface area contributed by atoms with Crippen molar-refractivity contribution < 1.29 is 46.9 Å². The van der Waals surface area contributed by atoms with Crippen molar-refractivity contribution in [2.75, 3.05) is 38.3 Å². The van der Waals surface area contributed by atoms with Gasteiger partial charge in [-0.3, -0.25) is 14.6 Å². The minimum Gasteiger partial charge on any atom is -0.491 e. The van der Waals surface area contributed by atoms with Gasteiger partial charge >= 0.3 is 18.1 Å². The van der Waals surface area contributed by atoms with E-state index in [1.807, 2.05) is 18.2 Å². The molecule has 1 aromatic heterocycles. The second kappa shape index (κ2) is 16.3. The Hall–Kier alpha value is -5.13. The van der Waals surface area contributed by atoms with E-state index in [1.54, 1.807) is 24.5 Å². The van der Waals surface area contributed by atoms with Crippen LogP contribution in [0.25, 0.3) is 6.08 Å². The molecular formula is C28H30F3N5O7. The molecule has 2 heterocycles. The predicted molar refractivity (Wildman–Crippen MR) is 146 cm³/mol. The molecule has 0 bridgehead atoms. The first kappa shape index (κ1) is 34.1. The van der Waals surface area contributed by atoms with Crippen LogP contribution in [0.3, 0.4) is 0 Å². The van der Waals surface area contributed by atoms with Gasteiger partial charge in [0.1, 0.15) is 18.1 Å². The monoisotopic (exact) mass is 605 g/mol. The van der Waals surface area contributed by atoms with Crippen LogP contribution in [0, 0.1) is 17.2 Å². The Morgan fingerprint density at radius 1 is 1.16 bits per heavy atom. The number of carboxylic acids is 1. The van der Waals surface area contributed by atoms with E-state index in [0.29, 0.717) is 16.9 Å². The summed E-state index contributed by atoms with van der Waals surface area (Å²) in [6.45, 7) is 3.31. The van der Waals surface area contributed by atoms with E-state index in [0.717, 1.165) is 31.6 Å². The minimum absolute atomic E-state index is 0.0162. The maximum Gasteiger partial charge on any atom is 0.490 e. The van der Waals surface area contributed by atoms with E-state index in [1.165, 1.54) is 26.2 Å². The summed E-state index contributed by atoms with van der Waals surface area (Å²) >= 11 is 0. The lowest BCUT2D eigenvalue weighted by Gasteiger charge is -2.32. The van der Waals surface area contributed by atoms with Crippen molar-refractivity contribution in [1.29, 1.82) is 5.26 Å². The molecule has 1 fully saturated rings. The number of pyridine rings is 1. The van der Waals surface area contributed by atoms with Gasteiger partial charge in [0.25, 0.3) is 0 Å². The van der Waals surface area contributed by atoms with Gasteiger partial charge in [-0.25, -0.2) is 9.59 Å². The van der Waals surface area contributed by atoms with Crippen molar-refractivity contribution in [2.24, 2.45) is 5.92 Å². The number of hydrogen-bond donors (Lipinski definition) is 3. The van der Waals surface area contributed by atoms with Crippen LogP contribution in [0.1, 0.15) is 30.9 Å². The highest BCUT2D eigenvalue weighted by atomic mass is 19.4. The maximum absolute atomic E-state index is 12.6. The molecule has 15 heteroatoms. The van der Waals surface area contributed by atoms with Gasteiger partial charge in [-0.05, 0) is 49.2 Å². The summed E-state index contributed by atoms with van der Waals surface area (Å²) < 4.78 is 42.3. The largest absolute Gasteiger partial charge is 0.491 e. The SMILES string of the molecule is COC(=O)C(=Cc1ccc(C#N)cc1OCCNC(=O)C1CCN(c2ccncc2)CC1)NC(C)=O.O=C(O)C(F)(F)F. The third kappa shape index (κ3) is 11.3. The molecule has 43 heavy (non-hydrogen) atoms. The third-order valence-corrected chi connectivity index (χ3v) is 5.95. The first-order chi connectivity index (χ1) is 20.3. The molecule has 0 aliphatic carbocycles. The summed E-state index contributed by atoms with van der Waals surface area (Å²) in [6, 6.07) is 10.7. The molecule has 1 aliphatic rings. The number of ether oxygens (including phenoxy) is 2. The molecule has 2 aromatic rings. The minimum atomic E-state index is -5.08. The summed E-state index contributed by atoms with van der Waals surface area (Å²) in [5.41, 5.74) is 1.88. The fraction of sp³-hybridized carbons (Fsp3) is 0.357. The summed E-state index contributed by atoms with van der Waals surface area (Å²) in [5.74, 6) is -3.66. The topological polar surface area (TPSA) is 171 Å². The number of carbonyl (C=O) groups excluding carboxylic acids is 3. The smallest absolute Gasteiger partial charge is 0.490 e. The zero-order valence-corrected chi connectivity index (χ0v) is 23.3. The molecule has 230 valence electrons.